The lowest BCUT2D eigenvalue weighted by molar-refractivity contribution is 0.0363. The lowest BCUT2D eigenvalue weighted by atomic mass is 10.1. The summed E-state index contributed by atoms with van der Waals surface area (Å²) in [4.78, 5) is 17.0. The molecule has 0 fully saturated rings. The number of halogens is 1. The first-order valence-corrected chi connectivity index (χ1v) is 8.74. The highest BCUT2D eigenvalue weighted by molar-refractivity contribution is 6.28. The van der Waals surface area contributed by atoms with E-state index in [-0.39, 0.29) is 0 Å². The van der Waals surface area contributed by atoms with Crippen molar-refractivity contribution in [2.75, 3.05) is 12.4 Å². The molecule has 0 aromatic heterocycles. The lowest BCUT2D eigenvalue weighted by Gasteiger charge is -2.23. The molecule has 0 bridgehead atoms. The molecule has 0 saturated carbocycles. The number of ether oxygens (including phenoxy) is 1. The van der Waals surface area contributed by atoms with Crippen molar-refractivity contribution in [2.24, 2.45) is 5.16 Å². The van der Waals surface area contributed by atoms with Crippen LogP contribution in [0.3, 0.4) is 0 Å². The second kappa shape index (κ2) is 10.9. The molecule has 1 rings (SSSR count). The number of hydrogen-bond acceptors (Lipinski definition) is 4. The third kappa shape index (κ3) is 8.77. The summed E-state index contributed by atoms with van der Waals surface area (Å²) in [7, 11) is 0. The third-order valence-electron chi connectivity index (χ3n) is 3.55. The van der Waals surface area contributed by atoms with Gasteiger partial charge in [-0.1, -0.05) is 42.4 Å². The van der Waals surface area contributed by atoms with Gasteiger partial charge in [0.05, 0.1) is 11.6 Å². The molecule has 5 nitrogen and oxygen atoms in total. The number of hydrogen-bond donors (Lipinski definition) is 1. The summed E-state index contributed by atoms with van der Waals surface area (Å²) in [6.45, 7) is 6.67. The minimum Gasteiger partial charge on any atom is -0.444 e. The van der Waals surface area contributed by atoms with Crippen molar-refractivity contribution < 1.29 is 14.4 Å². The molecule has 0 aliphatic carbocycles. The van der Waals surface area contributed by atoms with Crippen molar-refractivity contribution >= 4 is 23.4 Å². The van der Waals surface area contributed by atoms with Gasteiger partial charge in [0.1, 0.15) is 12.2 Å². The van der Waals surface area contributed by atoms with Crippen LogP contribution in [0, 0.1) is 0 Å². The number of nitrogens with zero attached hydrogens (tertiary/aromatic N) is 1. The molecule has 1 N–H and O–H groups in total. The molecule has 0 saturated heterocycles. The Kier molecular flexibility index (Phi) is 9.23. The Balaban J connectivity index is 2.23. The van der Waals surface area contributed by atoms with Crippen LogP contribution in [0.4, 0.5) is 4.79 Å². The number of oxime groups is 1. The fourth-order valence-electron chi connectivity index (χ4n) is 1.75. The smallest absolute Gasteiger partial charge is 0.407 e. The first-order valence-electron chi connectivity index (χ1n) is 8.21. The van der Waals surface area contributed by atoms with Crippen LogP contribution in [0.15, 0.2) is 35.5 Å². The predicted octanol–water partition coefficient (Wildman–Crippen LogP) is 4.49. The van der Waals surface area contributed by atoms with Crippen molar-refractivity contribution in [3.8, 4) is 0 Å². The van der Waals surface area contributed by atoms with Crippen LogP contribution in [0.25, 0.3) is 0 Å². The molecule has 6 heteroatoms. The Bertz CT molecular complexity index is 518. The zero-order chi connectivity index (χ0) is 17.8. The van der Waals surface area contributed by atoms with Crippen molar-refractivity contribution in [2.45, 2.75) is 52.2 Å². The van der Waals surface area contributed by atoms with E-state index >= 15 is 0 Å². The van der Waals surface area contributed by atoms with Gasteiger partial charge in [0.25, 0.3) is 0 Å². The number of alkyl carbamates (subject to hydrolysis) is 1. The van der Waals surface area contributed by atoms with Crippen molar-refractivity contribution in [3.05, 3.63) is 35.9 Å². The van der Waals surface area contributed by atoms with Gasteiger partial charge in [0.15, 0.2) is 0 Å². The summed E-state index contributed by atoms with van der Waals surface area (Å²) in [6, 6.07) is 9.81. The number of alkyl halides is 1. The van der Waals surface area contributed by atoms with Gasteiger partial charge in [0, 0.05) is 6.54 Å². The van der Waals surface area contributed by atoms with Gasteiger partial charge < -0.3 is 14.9 Å². The summed E-state index contributed by atoms with van der Waals surface area (Å²) >= 11 is 5.87. The van der Waals surface area contributed by atoms with E-state index in [0.717, 1.165) is 24.1 Å². The van der Waals surface area contributed by atoms with E-state index in [1.807, 2.05) is 51.1 Å². The molecule has 134 valence electrons. The van der Waals surface area contributed by atoms with Crippen molar-refractivity contribution in [1.29, 1.82) is 0 Å². The van der Waals surface area contributed by atoms with E-state index in [1.165, 1.54) is 0 Å². The van der Waals surface area contributed by atoms with E-state index in [1.54, 1.807) is 0 Å². The first kappa shape index (κ1) is 20.3. The number of rotatable bonds is 10. The Labute approximate surface area is 149 Å². The number of nitrogens with one attached hydrogen (secondary N) is 1. The molecule has 1 aromatic carbocycles. The average molecular weight is 355 g/mol. The number of carbonyl (C=O) groups is 1. The van der Waals surface area contributed by atoms with E-state index in [4.69, 9.17) is 21.2 Å². The molecule has 1 amide bonds. The van der Waals surface area contributed by atoms with Gasteiger partial charge in [-0.25, -0.2) is 4.79 Å². The van der Waals surface area contributed by atoms with Crippen LogP contribution in [-0.2, 0) is 16.2 Å². The molecule has 0 spiro atoms. The molecule has 0 heterocycles. The fourth-order valence-corrected chi connectivity index (χ4v) is 1.93. The lowest BCUT2D eigenvalue weighted by Crippen LogP contribution is -2.34. The maximum absolute atomic E-state index is 11.6. The highest BCUT2D eigenvalue weighted by Gasteiger charge is 2.19. The van der Waals surface area contributed by atoms with Crippen LogP contribution < -0.4 is 5.32 Å². The van der Waals surface area contributed by atoms with Gasteiger partial charge in [-0.3, -0.25) is 0 Å². The molecule has 0 aliphatic heterocycles. The van der Waals surface area contributed by atoms with E-state index in [9.17, 15) is 4.79 Å². The molecular formula is C18H27ClN2O3. The highest BCUT2D eigenvalue weighted by atomic mass is 35.5. The average Bonchev–Trinajstić information content (AvgIpc) is 2.57. The van der Waals surface area contributed by atoms with Crippen LogP contribution in [0.2, 0.25) is 0 Å². The third-order valence-corrected chi connectivity index (χ3v) is 3.86. The van der Waals surface area contributed by atoms with Crippen molar-refractivity contribution in [1.82, 2.24) is 5.32 Å². The Morgan fingerprint density at radius 3 is 2.62 bits per heavy atom. The SMILES string of the molecule is CCC(C)(C)OC(=O)NCCC/C(CCl)=N/OCc1ccccc1. The largest absolute Gasteiger partial charge is 0.444 e. The minimum absolute atomic E-state index is 0.308. The van der Waals surface area contributed by atoms with E-state index in [0.29, 0.717) is 25.5 Å². The van der Waals surface area contributed by atoms with Crippen LogP contribution in [0.5, 0.6) is 0 Å². The quantitative estimate of drug-likeness (QED) is 0.291. The molecule has 0 aliphatic rings. The summed E-state index contributed by atoms with van der Waals surface area (Å²) < 4.78 is 5.30. The minimum atomic E-state index is -0.446. The fraction of sp³-hybridized carbons (Fsp3) is 0.556. The second-order valence-corrected chi connectivity index (χ2v) is 6.35. The van der Waals surface area contributed by atoms with Crippen LogP contribution >= 0.6 is 11.6 Å². The van der Waals surface area contributed by atoms with Gasteiger partial charge >= 0.3 is 6.09 Å². The van der Waals surface area contributed by atoms with Gasteiger partial charge in [-0.15, -0.1) is 11.6 Å². The summed E-state index contributed by atoms with van der Waals surface area (Å²) in [5.74, 6) is 0.308. The molecule has 24 heavy (non-hydrogen) atoms. The Hall–Kier alpha value is -1.75. The van der Waals surface area contributed by atoms with E-state index < -0.39 is 11.7 Å². The molecule has 1 aromatic rings. The Morgan fingerprint density at radius 1 is 1.29 bits per heavy atom. The number of amides is 1. The van der Waals surface area contributed by atoms with Gasteiger partial charge in [-0.2, -0.15) is 0 Å². The summed E-state index contributed by atoms with van der Waals surface area (Å²) in [5.41, 5.74) is 1.37. The number of benzene rings is 1. The highest BCUT2D eigenvalue weighted by Crippen LogP contribution is 2.13. The van der Waals surface area contributed by atoms with Gasteiger partial charge in [-0.05, 0) is 38.7 Å². The topological polar surface area (TPSA) is 59.9 Å². The summed E-state index contributed by atoms with van der Waals surface area (Å²) in [5, 5.41) is 6.80. The molecule has 0 radical (unpaired) electrons. The Morgan fingerprint density at radius 2 is 2.00 bits per heavy atom. The summed E-state index contributed by atoms with van der Waals surface area (Å²) in [6.07, 6.45) is 1.76. The predicted molar refractivity (Wildman–Crippen MR) is 97.5 cm³/mol. The zero-order valence-electron chi connectivity index (χ0n) is 14.7. The first-order chi connectivity index (χ1) is 11.5. The number of carbonyl (C=O) groups excluding carboxylic acids is 1. The van der Waals surface area contributed by atoms with Crippen LogP contribution in [-0.4, -0.2) is 29.8 Å². The molecule has 0 atom stereocenters. The second-order valence-electron chi connectivity index (χ2n) is 6.08. The standard InChI is InChI=1S/C18H27ClN2O3/c1-4-18(2,3)24-17(22)20-12-8-11-16(13-19)21-23-14-15-9-6-5-7-10-15/h5-7,9-10H,4,8,11-14H2,1-3H3,(H,20,22)/b21-16-. The maximum Gasteiger partial charge on any atom is 0.407 e. The maximum atomic E-state index is 11.6. The van der Waals surface area contributed by atoms with Crippen molar-refractivity contribution in [3.63, 3.8) is 0 Å². The zero-order valence-corrected chi connectivity index (χ0v) is 15.4. The normalized spacial score (nSPS) is 11.9. The molecular weight excluding hydrogens is 328 g/mol. The van der Waals surface area contributed by atoms with E-state index in [2.05, 4.69) is 10.5 Å². The monoisotopic (exact) mass is 354 g/mol. The van der Waals surface area contributed by atoms with Crippen LogP contribution in [0.1, 0.15) is 45.6 Å². The van der Waals surface area contributed by atoms with Gasteiger partial charge in [0.2, 0.25) is 0 Å². The molecule has 0 unspecified atom stereocenters.